The zero-order valence-corrected chi connectivity index (χ0v) is 24.7. The molecular weight excluding hydrogens is 526 g/mol. The van der Waals surface area contributed by atoms with E-state index in [-0.39, 0.29) is 24.4 Å². The molecule has 6 rings (SSSR count). The Bertz CT molecular complexity index is 1450. The van der Waals surface area contributed by atoms with E-state index in [1.807, 2.05) is 12.1 Å². The number of fused-ring (bicyclic) bond motifs is 2. The Kier molecular flexibility index (Phi) is 7.74. The fourth-order valence-corrected chi connectivity index (χ4v) is 7.05. The number of likely N-dealkylation sites (N-methyl/N-ethyl adjacent to an activating group) is 1. The summed E-state index contributed by atoms with van der Waals surface area (Å²) in [5.41, 5.74) is 5.40. The lowest BCUT2D eigenvalue weighted by atomic mass is 9.87. The number of anilines is 3. The summed E-state index contributed by atoms with van der Waals surface area (Å²) in [4.78, 5) is 33.9. The number of para-hydroxylation sites is 1. The smallest absolute Gasteiger partial charge is 0.246 e. The molecule has 218 valence electrons. The van der Waals surface area contributed by atoms with Crippen molar-refractivity contribution in [3.8, 4) is 12.1 Å². The van der Waals surface area contributed by atoms with E-state index in [4.69, 9.17) is 9.97 Å². The molecule has 2 atom stereocenters. The van der Waals surface area contributed by atoms with E-state index >= 15 is 0 Å². The molecule has 1 aromatic carbocycles. The van der Waals surface area contributed by atoms with Crippen LogP contribution in [0.25, 0.3) is 0 Å². The number of rotatable bonds is 6. The molecule has 10 nitrogen and oxygen atoms in total. The lowest BCUT2D eigenvalue weighted by molar-refractivity contribution is -0.128. The minimum atomic E-state index is -0.212. The topological polar surface area (TPSA) is 107 Å². The van der Waals surface area contributed by atoms with Gasteiger partial charge in [-0.25, -0.2) is 4.98 Å². The molecule has 1 aliphatic carbocycles. The van der Waals surface area contributed by atoms with Crippen LogP contribution in [-0.4, -0.2) is 97.2 Å². The summed E-state index contributed by atoms with van der Waals surface area (Å²) in [6, 6.07) is 11.3. The molecule has 0 bridgehead atoms. The molecular formula is C32H39N9O. The van der Waals surface area contributed by atoms with Crippen molar-refractivity contribution in [2.45, 2.75) is 56.7 Å². The molecule has 2 saturated heterocycles. The van der Waals surface area contributed by atoms with Gasteiger partial charge in [0.1, 0.15) is 11.9 Å². The molecule has 1 amide bonds. The molecule has 3 aliphatic heterocycles. The zero-order valence-electron chi connectivity index (χ0n) is 24.7. The third-order valence-corrected chi connectivity index (χ3v) is 9.47. The first kappa shape index (κ1) is 28.0. The van der Waals surface area contributed by atoms with Gasteiger partial charge in [-0.2, -0.15) is 15.5 Å². The van der Waals surface area contributed by atoms with Crippen molar-refractivity contribution in [1.29, 1.82) is 10.5 Å². The molecule has 0 radical (unpaired) electrons. The van der Waals surface area contributed by atoms with Crippen molar-refractivity contribution in [1.82, 2.24) is 19.8 Å². The molecule has 1 aromatic heterocycles. The third kappa shape index (κ3) is 5.05. The van der Waals surface area contributed by atoms with Crippen molar-refractivity contribution >= 4 is 23.4 Å². The molecule has 0 N–H and O–H groups in total. The van der Waals surface area contributed by atoms with Crippen LogP contribution in [0, 0.1) is 22.7 Å². The highest BCUT2D eigenvalue weighted by molar-refractivity contribution is 5.87. The highest BCUT2D eigenvalue weighted by atomic mass is 16.2. The van der Waals surface area contributed by atoms with Crippen LogP contribution in [0.4, 0.5) is 17.5 Å². The second-order valence-corrected chi connectivity index (χ2v) is 12.1. The quantitative estimate of drug-likeness (QED) is 0.489. The van der Waals surface area contributed by atoms with Gasteiger partial charge < -0.3 is 24.5 Å². The molecule has 0 spiro atoms. The van der Waals surface area contributed by atoms with E-state index in [0.717, 1.165) is 80.4 Å². The summed E-state index contributed by atoms with van der Waals surface area (Å²) in [7, 11) is 4.22. The number of benzene rings is 1. The van der Waals surface area contributed by atoms with Crippen molar-refractivity contribution < 1.29 is 4.79 Å². The van der Waals surface area contributed by atoms with Crippen LogP contribution < -0.4 is 14.7 Å². The fraction of sp³-hybridized carbons (Fsp3) is 0.531. The summed E-state index contributed by atoms with van der Waals surface area (Å²) in [6.07, 6.45) is 6.32. The number of amides is 1. The average Bonchev–Trinajstić information content (AvgIpc) is 2.98. The number of carbonyl (C=O) groups is 1. The Morgan fingerprint density at radius 3 is 2.69 bits per heavy atom. The summed E-state index contributed by atoms with van der Waals surface area (Å²) < 4.78 is 0. The molecule has 2 fully saturated rings. The maximum atomic E-state index is 12.5. The van der Waals surface area contributed by atoms with Gasteiger partial charge in [0.15, 0.2) is 0 Å². The minimum absolute atomic E-state index is 0.128. The van der Waals surface area contributed by atoms with Gasteiger partial charge in [-0.15, -0.1) is 0 Å². The molecule has 0 unspecified atom stereocenters. The van der Waals surface area contributed by atoms with Crippen LogP contribution in [-0.2, 0) is 24.1 Å². The molecule has 10 heteroatoms. The summed E-state index contributed by atoms with van der Waals surface area (Å²) in [5.74, 6) is 1.59. The lowest BCUT2D eigenvalue weighted by Gasteiger charge is -2.45. The lowest BCUT2D eigenvalue weighted by Crippen LogP contribution is -2.58. The van der Waals surface area contributed by atoms with Crippen molar-refractivity contribution in [3.63, 3.8) is 0 Å². The minimum Gasteiger partial charge on any atom is -0.367 e. The maximum Gasteiger partial charge on any atom is 0.246 e. The molecule has 42 heavy (non-hydrogen) atoms. The normalized spacial score (nSPS) is 22.1. The van der Waals surface area contributed by atoms with Crippen molar-refractivity contribution in [2.75, 3.05) is 68.1 Å². The predicted molar refractivity (Wildman–Crippen MR) is 162 cm³/mol. The van der Waals surface area contributed by atoms with Gasteiger partial charge in [-0.1, -0.05) is 18.7 Å². The first-order valence-corrected chi connectivity index (χ1v) is 15.1. The monoisotopic (exact) mass is 565 g/mol. The zero-order chi connectivity index (χ0) is 29.4. The third-order valence-electron chi connectivity index (χ3n) is 9.47. The van der Waals surface area contributed by atoms with E-state index < -0.39 is 0 Å². The van der Waals surface area contributed by atoms with E-state index in [1.54, 1.807) is 4.90 Å². The summed E-state index contributed by atoms with van der Waals surface area (Å²) >= 11 is 0. The highest BCUT2D eigenvalue weighted by Gasteiger charge is 2.37. The number of hydrogen-bond acceptors (Lipinski definition) is 9. The van der Waals surface area contributed by atoms with E-state index in [0.29, 0.717) is 25.7 Å². The molecule has 4 heterocycles. The number of nitrogens with zero attached hydrogens (tertiary/aromatic N) is 9. The van der Waals surface area contributed by atoms with Crippen LogP contribution in [0.1, 0.15) is 41.6 Å². The Morgan fingerprint density at radius 2 is 1.95 bits per heavy atom. The van der Waals surface area contributed by atoms with Gasteiger partial charge in [-0.3, -0.25) is 4.79 Å². The molecule has 0 saturated carbocycles. The Hall–Kier alpha value is -4.15. The van der Waals surface area contributed by atoms with Crippen LogP contribution in [0.5, 0.6) is 0 Å². The largest absolute Gasteiger partial charge is 0.367 e. The summed E-state index contributed by atoms with van der Waals surface area (Å²) in [5, 5.41) is 19.4. The average molecular weight is 566 g/mol. The first-order chi connectivity index (χ1) is 20.4. The number of aromatic nitrogens is 2. The summed E-state index contributed by atoms with van der Waals surface area (Å²) in [6.45, 7) is 8.13. The predicted octanol–water partition coefficient (Wildman–Crippen LogP) is 2.53. The fourth-order valence-electron chi connectivity index (χ4n) is 7.05. The first-order valence-electron chi connectivity index (χ1n) is 15.1. The second kappa shape index (κ2) is 11.6. The van der Waals surface area contributed by atoms with Gasteiger partial charge in [0.2, 0.25) is 11.9 Å². The maximum absolute atomic E-state index is 12.5. The van der Waals surface area contributed by atoms with Gasteiger partial charge >= 0.3 is 0 Å². The standard InChI is InChI=1S/C32H39N9O/c1-4-29(42)40-16-15-38(19-25(40)12-13-33)31-27-11-10-24(41-14-6-9-22-7-5-8-23(18-34)30(22)41)17-28(27)35-32(36-31)39-20-26(21-39)37(2)3/h4-5,7-8,24-26H,1,6,9-12,14-17,19-21H2,2-3H3/t24-,25+/m1/s1. The van der Waals surface area contributed by atoms with Gasteiger partial charge in [0.05, 0.1) is 35.5 Å². The highest BCUT2D eigenvalue weighted by Crippen LogP contribution is 2.38. The van der Waals surface area contributed by atoms with Crippen molar-refractivity contribution in [3.05, 3.63) is 53.2 Å². The number of aryl methyl sites for hydroxylation is 1. The molecule has 2 aromatic rings. The van der Waals surface area contributed by atoms with E-state index in [2.05, 4.69) is 58.5 Å². The Balaban J connectivity index is 1.33. The Labute approximate surface area is 248 Å². The van der Waals surface area contributed by atoms with E-state index in [9.17, 15) is 15.3 Å². The van der Waals surface area contributed by atoms with Crippen LogP contribution in [0.15, 0.2) is 30.9 Å². The van der Waals surface area contributed by atoms with Crippen molar-refractivity contribution in [2.24, 2.45) is 0 Å². The van der Waals surface area contributed by atoms with Crippen LogP contribution in [0.3, 0.4) is 0 Å². The number of hydrogen-bond donors (Lipinski definition) is 0. The molecule has 4 aliphatic rings. The number of nitriles is 2. The number of carbonyl (C=O) groups excluding carboxylic acids is 1. The van der Waals surface area contributed by atoms with Gasteiger partial charge in [-0.05, 0) is 57.5 Å². The second-order valence-electron chi connectivity index (χ2n) is 12.1. The van der Waals surface area contributed by atoms with Gasteiger partial charge in [0, 0.05) is 63.3 Å². The number of piperazine rings is 1. The Morgan fingerprint density at radius 1 is 1.12 bits per heavy atom. The van der Waals surface area contributed by atoms with E-state index in [1.165, 1.54) is 17.2 Å². The van der Waals surface area contributed by atoms with Crippen LogP contribution >= 0.6 is 0 Å². The van der Waals surface area contributed by atoms with Crippen LogP contribution in [0.2, 0.25) is 0 Å². The van der Waals surface area contributed by atoms with Gasteiger partial charge in [0.25, 0.3) is 0 Å². The SMILES string of the molecule is C=CC(=O)N1CCN(c2nc(N3CC(N(C)C)C3)nc3c2CC[C@@H](N2CCCc4cccc(C#N)c42)C3)C[C@@H]1CC#N.